The van der Waals surface area contributed by atoms with Gasteiger partial charge in [0.15, 0.2) is 0 Å². The lowest BCUT2D eigenvalue weighted by atomic mass is 9.92. The van der Waals surface area contributed by atoms with Crippen LogP contribution in [0.1, 0.15) is 46.8 Å². The number of hydrogen-bond acceptors (Lipinski definition) is 3. The van der Waals surface area contributed by atoms with E-state index in [1.807, 2.05) is 23.0 Å². The van der Waals surface area contributed by atoms with Gasteiger partial charge in [-0.1, -0.05) is 12.1 Å². The van der Waals surface area contributed by atoms with E-state index in [0.717, 1.165) is 36.1 Å². The lowest BCUT2D eigenvalue weighted by molar-refractivity contribution is -0.121. The highest BCUT2D eigenvalue weighted by atomic mass is 16.1. The van der Waals surface area contributed by atoms with E-state index in [4.69, 9.17) is 0 Å². The van der Waals surface area contributed by atoms with Crippen LogP contribution in [0.4, 0.5) is 0 Å². The van der Waals surface area contributed by atoms with Crippen LogP contribution in [0.15, 0.2) is 48.9 Å². The summed E-state index contributed by atoms with van der Waals surface area (Å²) in [6.45, 7) is 4.21. The zero-order valence-corrected chi connectivity index (χ0v) is 15.8. The molecule has 1 atom stereocenters. The lowest BCUT2D eigenvalue weighted by Gasteiger charge is -2.24. The number of rotatable bonds is 4. The molecule has 2 heterocycles. The van der Waals surface area contributed by atoms with E-state index >= 15 is 0 Å². The molecule has 4 rings (SSSR count). The minimum absolute atomic E-state index is 0.0255. The SMILES string of the molecule is Cc1cc(C)cc(-n2ncc3c2CCCC3NC(=O)Cc2cccnc2)c1. The maximum absolute atomic E-state index is 12.5. The number of benzene rings is 1. The van der Waals surface area contributed by atoms with Crippen LogP contribution in [0.2, 0.25) is 0 Å². The second kappa shape index (κ2) is 7.35. The molecule has 0 aliphatic heterocycles. The molecule has 1 aromatic carbocycles. The number of aromatic nitrogens is 3. The average Bonchev–Trinajstić information content (AvgIpc) is 3.07. The zero-order valence-electron chi connectivity index (χ0n) is 15.8. The van der Waals surface area contributed by atoms with Crippen LogP contribution in [-0.2, 0) is 17.6 Å². The van der Waals surface area contributed by atoms with E-state index in [9.17, 15) is 4.79 Å². The minimum atomic E-state index is 0.0255. The van der Waals surface area contributed by atoms with Gasteiger partial charge >= 0.3 is 0 Å². The maximum atomic E-state index is 12.5. The van der Waals surface area contributed by atoms with Crippen LogP contribution in [0, 0.1) is 13.8 Å². The lowest BCUT2D eigenvalue weighted by Crippen LogP contribution is -2.32. The summed E-state index contributed by atoms with van der Waals surface area (Å²) in [6.07, 6.45) is 8.70. The third kappa shape index (κ3) is 3.77. The second-order valence-electron chi connectivity index (χ2n) is 7.35. The summed E-state index contributed by atoms with van der Waals surface area (Å²) < 4.78 is 2.04. The van der Waals surface area contributed by atoms with Gasteiger partial charge in [0.25, 0.3) is 0 Å². The Bertz CT molecular complexity index is 941. The molecule has 0 saturated heterocycles. The minimum Gasteiger partial charge on any atom is -0.349 e. The molecular formula is C22H24N4O. The Morgan fingerprint density at radius 2 is 2.04 bits per heavy atom. The van der Waals surface area contributed by atoms with Crippen LogP contribution in [0.3, 0.4) is 0 Å². The summed E-state index contributed by atoms with van der Waals surface area (Å²) in [6, 6.07) is 10.3. The van der Waals surface area contributed by atoms with E-state index in [1.54, 1.807) is 12.4 Å². The molecule has 0 fully saturated rings. The number of nitrogens with one attached hydrogen (secondary N) is 1. The number of fused-ring (bicyclic) bond motifs is 1. The number of carbonyl (C=O) groups excluding carboxylic acids is 1. The van der Waals surface area contributed by atoms with Crippen LogP contribution >= 0.6 is 0 Å². The average molecular weight is 360 g/mol. The van der Waals surface area contributed by atoms with E-state index in [2.05, 4.69) is 47.4 Å². The molecule has 3 aromatic rings. The number of nitrogens with zero attached hydrogens (tertiary/aromatic N) is 3. The predicted octanol–water partition coefficient (Wildman–Crippen LogP) is 3.62. The van der Waals surface area contributed by atoms with E-state index in [1.165, 1.54) is 16.8 Å². The molecule has 1 N–H and O–H groups in total. The van der Waals surface area contributed by atoms with Gasteiger partial charge in [0.2, 0.25) is 5.91 Å². The fraction of sp³-hybridized carbons (Fsp3) is 0.318. The Balaban J connectivity index is 1.56. The Labute approximate surface area is 159 Å². The molecule has 1 aliphatic rings. The normalized spacial score (nSPS) is 16.0. The molecule has 0 bridgehead atoms. The van der Waals surface area contributed by atoms with Gasteiger partial charge in [-0.05, 0) is 68.0 Å². The molecule has 0 spiro atoms. The highest BCUT2D eigenvalue weighted by Crippen LogP contribution is 2.31. The molecule has 0 radical (unpaired) electrons. The molecule has 1 amide bonds. The van der Waals surface area contributed by atoms with Crippen molar-refractivity contribution in [2.45, 2.75) is 45.6 Å². The van der Waals surface area contributed by atoms with Gasteiger partial charge in [-0.3, -0.25) is 9.78 Å². The highest BCUT2D eigenvalue weighted by Gasteiger charge is 2.26. The largest absolute Gasteiger partial charge is 0.349 e. The van der Waals surface area contributed by atoms with E-state index in [0.29, 0.717) is 6.42 Å². The van der Waals surface area contributed by atoms with Gasteiger partial charge in [0.05, 0.1) is 24.3 Å². The first-order valence-electron chi connectivity index (χ1n) is 9.44. The van der Waals surface area contributed by atoms with Gasteiger partial charge in [-0.2, -0.15) is 5.10 Å². The summed E-state index contributed by atoms with van der Waals surface area (Å²) in [5, 5.41) is 7.84. The summed E-state index contributed by atoms with van der Waals surface area (Å²) in [5.74, 6) is 0.0278. The first-order chi connectivity index (χ1) is 13.1. The fourth-order valence-electron chi connectivity index (χ4n) is 3.94. The van der Waals surface area contributed by atoms with Crippen molar-refractivity contribution >= 4 is 5.91 Å². The van der Waals surface area contributed by atoms with Crippen molar-refractivity contribution in [3.05, 3.63) is 76.9 Å². The summed E-state index contributed by atoms with van der Waals surface area (Å²) in [7, 11) is 0. The maximum Gasteiger partial charge on any atom is 0.224 e. The predicted molar refractivity (Wildman–Crippen MR) is 105 cm³/mol. The number of pyridine rings is 1. The first kappa shape index (κ1) is 17.5. The van der Waals surface area contributed by atoms with Crippen molar-refractivity contribution in [3.8, 4) is 5.69 Å². The molecule has 0 saturated carbocycles. The zero-order chi connectivity index (χ0) is 18.8. The summed E-state index contributed by atoms with van der Waals surface area (Å²) >= 11 is 0. The van der Waals surface area contributed by atoms with Crippen LogP contribution < -0.4 is 5.32 Å². The molecule has 138 valence electrons. The van der Waals surface area contributed by atoms with Gasteiger partial charge in [-0.25, -0.2) is 4.68 Å². The molecule has 5 nitrogen and oxygen atoms in total. The van der Waals surface area contributed by atoms with Gasteiger partial charge in [0.1, 0.15) is 0 Å². The molecule has 5 heteroatoms. The standard InChI is InChI=1S/C22H24N4O/c1-15-9-16(2)11-18(10-15)26-21-7-3-6-20(19(21)14-24-26)25-22(27)12-17-5-4-8-23-13-17/h4-5,8-11,13-14,20H,3,6-7,12H2,1-2H3,(H,25,27). The first-order valence-corrected chi connectivity index (χ1v) is 9.44. The van der Waals surface area contributed by atoms with Gasteiger partial charge < -0.3 is 5.32 Å². The highest BCUT2D eigenvalue weighted by molar-refractivity contribution is 5.79. The van der Waals surface area contributed by atoms with Crippen molar-refractivity contribution in [1.29, 1.82) is 0 Å². The van der Waals surface area contributed by atoms with Gasteiger partial charge in [-0.15, -0.1) is 0 Å². The van der Waals surface area contributed by atoms with Crippen molar-refractivity contribution < 1.29 is 4.79 Å². The molecule has 1 unspecified atom stereocenters. The fourth-order valence-corrected chi connectivity index (χ4v) is 3.94. The smallest absolute Gasteiger partial charge is 0.224 e. The van der Waals surface area contributed by atoms with Crippen LogP contribution in [0.25, 0.3) is 5.69 Å². The Morgan fingerprint density at radius 3 is 2.78 bits per heavy atom. The Morgan fingerprint density at radius 1 is 1.22 bits per heavy atom. The van der Waals surface area contributed by atoms with Crippen molar-refractivity contribution in [2.75, 3.05) is 0 Å². The molecular weight excluding hydrogens is 336 g/mol. The number of amides is 1. The van der Waals surface area contributed by atoms with Crippen molar-refractivity contribution in [2.24, 2.45) is 0 Å². The number of carbonyl (C=O) groups is 1. The number of hydrogen-bond donors (Lipinski definition) is 1. The van der Waals surface area contributed by atoms with Crippen molar-refractivity contribution in [1.82, 2.24) is 20.1 Å². The van der Waals surface area contributed by atoms with Crippen molar-refractivity contribution in [3.63, 3.8) is 0 Å². The summed E-state index contributed by atoms with van der Waals surface area (Å²) in [4.78, 5) is 16.6. The van der Waals surface area contributed by atoms with E-state index in [-0.39, 0.29) is 11.9 Å². The van der Waals surface area contributed by atoms with Gasteiger partial charge in [0, 0.05) is 23.7 Å². The number of aryl methyl sites for hydroxylation is 2. The Hall–Kier alpha value is -2.95. The molecule has 27 heavy (non-hydrogen) atoms. The van der Waals surface area contributed by atoms with E-state index < -0.39 is 0 Å². The Kier molecular flexibility index (Phi) is 4.75. The summed E-state index contributed by atoms with van der Waals surface area (Å²) in [5.41, 5.74) is 6.82. The topological polar surface area (TPSA) is 59.8 Å². The quantitative estimate of drug-likeness (QED) is 0.773. The third-order valence-corrected chi connectivity index (χ3v) is 5.06. The van der Waals surface area contributed by atoms with Crippen LogP contribution in [0.5, 0.6) is 0 Å². The monoisotopic (exact) mass is 360 g/mol. The molecule has 2 aromatic heterocycles. The molecule has 1 aliphatic carbocycles. The second-order valence-corrected chi connectivity index (χ2v) is 7.35. The van der Waals surface area contributed by atoms with Crippen LogP contribution in [-0.4, -0.2) is 20.7 Å². The third-order valence-electron chi connectivity index (χ3n) is 5.06.